The molecule has 0 saturated carbocycles. The van der Waals surface area contributed by atoms with Crippen molar-refractivity contribution in [1.82, 2.24) is 4.98 Å². The van der Waals surface area contributed by atoms with Crippen LogP contribution in [0.5, 0.6) is 5.75 Å². The van der Waals surface area contributed by atoms with Crippen molar-refractivity contribution in [3.63, 3.8) is 0 Å². The number of rotatable bonds is 7. The lowest BCUT2D eigenvalue weighted by molar-refractivity contribution is -0.144. The summed E-state index contributed by atoms with van der Waals surface area (Å²) in [6, 6.07) is 13.3. The topological polar surface area (TPSA) is 94.8 Å². The van der Waals surface area contributed by atoms with Crippen LogP contribution in [0.3, 0.4) is 0 Å². The maximum absolute atomic E-state index is 12.8. The number of esters is 1. The van der Waals surface area contributed by atoms with E-state index in [1.54, 1.807) is 12.1 Å². The van der Waals surface area contributed by atoms with Gasteiger partial charge in [0.1, 0.15) is 12.4 Å². The number of hydrogen-bond acceptors (Lipinski definition) is 6. The summed E-state index contributed by atoms with van der Waals surface area (Å²) in [4.78, 5) is 30.6. The third-order valence-electron chi connectivity index (χ3n) is 4.49. The summed E-state index contributed by atoms with van der Waals surface area (Å²) >= 11 is 0. The van der Waals surface area contributed by atoms with E-state index in [9.17, 15) is 9.59 Å². The zero-order valence-corrected chi connectivity index (χ0v) is 16.1. The van der Waals surface area contributed by atoms with Gasteiger partial charge < -0.3 is 15.2 Å². The van der Waals surface area contributed by atoms with Crippen LogP contribution in [0.1, 0.15) is 25.8 Å². The summed E-state index contributed by atoms with van der Waals surface area (Å²) in [6.45, 7) is 3.84. The second kappa shape index (κ2) is 8.73. The number of hydrogen-bond donors (Lipinski definition) is 1. The number of aromatic nitrogens is 1. The summed E-state index contributed by atoms with van der Waals surface area (Å²) in [6.07, 6.45) is 0.855. The lowest BCUT2D eigenvalue weighted by Crippen LogP contribution is -2.50. The zero-order chi connectivity index (χ0) is 20.1. The van der Waals surface area contributed by atoms with Crippen LogP contribution < -0.4 is 15.4 Å². The predicted molar refractivity (Wildman–Crippen MR) is 106 cm³/mol. The van der Waals surface area contributed by atoms with Crippen molar-refractivity contribution >= 4 is 23.5 Å². The van der Waals surface area contributed by atoms with Crippen LogP contribution in [0.25, 0.3) is 0 Å². The Labute approximate surface area is 164 Å². The second-order valence-corrected chi connectivity index (χ2v) is 7.07. The molecule has 2 N–H and O–H groups in total. The molecular formula is C21H25N3O4. The quantitative estimate of drug-likeness (QED) is 0.583. The number of aryl methyl sites for hydroxylation is 1. The molecule has 1 aliphatic rings. The number of anilines is 2. The first kappa shape index (κ1) is 19.7. The molecule has 1 aromatic heterocycles. The minimum atomic E-state index is -0.677. The molecule has 1 atom stereocenters. The first-order valence-corrected chi connectivity index (χ1v) is 9.40. The van der Waals surface area contributed by atoms with Gasteiger partial charge in [-0.2, -0.15) is 0 Å². The van der Waals surface area contributed by atoms with Crippen LogP contribution in [0.4, 0.5) is 11.6 Å². The molecule has 0 saturated heterocycles. The third-order valence-corrected chi connectivity index (χ3v) is 4.49. The second-order valence-electron chi connectivity index (χ2n) is 7.07. The van der Waals surface area contributed by atoms with Crippen LogP contribution in [0, 0.1) is 5.92 Å². The third kappa shape index (κ3) is 4.60. The molecule has 1 aliphatic heterocycles. The summed E-state index contributed by atoms with van der Waals surface area (Å²) in [5.41, 5.74) is 6.94. The largest absolute Gasteiger partial charge is 0.476 e. The van der Waals surface area contributed by atoms with Crippen molar-refractivity contribution in [3.8, 4) is 5.75 Å². The van der Waals surface area contributed by atoms with Crippen molar-refractivity contribution in [2.45, 2.75) is 32.8 Å². The van der Waals surface area contributed by atoms with E-state index in [1.165, 1.54) is 10.5 Å². The Morgan fingerprint density at radius 1 is 1.25 bits per heavy atom. The normalized spacial score (nSPS) is 15.9. The number of ether oxygens (including phenoxy) is 2. The van der Waals surface area contributed by atoms with E-state index in [0.717, 1.165) is 6.42 Å². The van der Waals surface area contributed by atoms with Crippen molar-refractivity contribution in [2.24, 2.45) is 5.92 Å². The van der Waals surface area contributed by atoms with E-state index in [-0.39, 0.29) is 36.6 Å². The fourth-order valence-corrected chi connectivity index (χ4v) is 3.04. The Morgan fingerprint density at radius 3 is 2.71 bits per heavy atom. The summed E-state index contributed by atoms with van der Waals surface area (Å²) in [7, 11) is 0. The first-order chi connectivity index (χ1) is 13.5. The molecule has 7 heteroatoms. The summed E-state index contributed by atoms with van der Waals surface area (Å²) in [5, 5.41) is 0. The fourth-order valence-electron chi connectivity index (χ4n) is 3.04. The van der Waals surface area contributed by atoms with Gasteiger partial charge in [0.25, 0.3) is 5.91 Å². The monoisotopic (exact) mass is 383 g/mol. The highest BCUT2D eigenvalue weighted by molar-refractivity contribution is 6.02. The van der Waals surface area contributed by atoms with Gasteiger partial charge in [0, 0.05) is 0 Å². The van der Waals surface area contributed by atoms with E-state index in [0.29, 0.717) is 12.2 Å². The molecule has 1 amide bonds. The maximum Gasteiger partial charge on any atom is 0.326 e. The van der Waals surface area contributed by atoms with Crippen LogP contribution in [0.15, 0.2) is 42.5 Å². The first-order valence-electron chi connectivity index (χ1n) is 9.40. The van der Waals surface area contributed by atoms with Gasteiger partial charge in [0.05, 0.1) is 6.61 Å². The molecule has 7 nitrogen and oxygen atoms in total. The summed E-state index contributed by atoms with van der Waals surface area (Å²) < 4.78 is 11.1. The lowest BCUT2D eigenvalue weighted by Gasteiger charge is -2.34. The van der Waals surface area contributed by atoms with Gasteiger partial charge in [0.2, 0.25) is 0 Å². The van der Waals surface area contributed by atoms with Crippen molar-refractivity contribution in [2.75, 3.05) is 23.8 Å². The summed E-state index contributed by atoms with van der Waals surface area (Å²) in [5.74, 6) is 0.0808. The van der Waals surface area contributed by atoms with Crippen molar-refractivity contribution in [3.05, 3.63) is 48.0 Å². The minimum Gasteiger partial charge on any atom is -0.476 e. The Morgan fingerprint density at radius 2 is 2.00 bits per heavy atom. The molecule has 1 aromatic carbocycles. The molecule has 0 bridgehead atoms. The van der Waals surface area contributed by atoms with Gasteiger partial charge in [-0.3, -0.25) is 14.5 Å². The van der Waals surface area contributed by atoms with E-state index in [2.05, 4.69) is 4.98 Å². The number of fused-ring (bicyclic) bond motifs is 1. The van der Waals surface area contributed by atoms with E-state index < -0.39 is 12.1 Å². The van der Waals surface area contributed by atoms with Crippen molar-refractivity contribution < 1.29 is 19.1 Å². The average molecular weight is 383 g/mol. The lowest BCUT2D eigenvalue weighted by atomic mass is 10.0. The number of nitrogen functional groups attached to an aromatic ring is 1. The number of carbonyl (C=O) groups excluding carboxylic acids is 2. The zero-order valence-electron chi connectivity index (χ0n) is 16.1. The van der Waals surface area contributed by atoms with Gasteiger partial charge >= 0.3 is 5.97 Å². The molecule has 3 rings (SSSR count). The maximum atomic E-state index is 12.8. The standard InChI is InChI=1S/C21H25N3O4/c1-14(2)19-21(26)24(20-16(28-19)10-11-17(22)23-20)13-18(25)27-12-6-9-15-7-4-3-5-8-15/h3-5,7-8,10-11,14,19H,6,9,12-13H2,1-2H3,(H2,22,23). The van der Waals surface area contributed by atoms with E-state index >= 15 is 0 Å². The highest BCUT2D eigenvalue weighted by Crippen LogP contribution is 2.34. The number of pyridine rings is 1. The van der Waals surface area contributed by atoms with Crippen LogP contribution in [-0.4, -0.2) is 36.1 Å². The molecule has 2 heterocycles. The molecule has 28 heavy (non-hydrogen) atoms. The number of amides is 1. The number of carbonyl (C=O) groups is 2. The predicted octanol–water partition coefficient (Wildman–Crippen LogP) is 2.59. The molecule has 0 fully saturated rings. The molecule has 148 valence electrons. The van der Waals surface area contributed by atoms with E-state index in [4.69, 9.17) is 15.2 Å². The Kier molecular flexibility index (Phi) is 6.13. The Balaban J connectivity index is 1.62. The van der Waals surface area contributed by atoms with Gasteiger partial charge in [-0.05, 0) is 36.5 Å². The highest BCUT2D eigenvalue weighted by Gasteiger charge is 2.38. The van der Waals surface area contributed by atoms with E-state index in [1.807, 2.05) is 44.2 Å². The van der Waals surface area contributed by atoms with Crippen LogP contribution in [-0.2, 0) is 20.7 Å². The molecule has 0 spiro atoms. The minimum absolute atomic E-state index is 0.0532. The number of benzene rings is 1. The molecular weight excluding hydrogens is 358 g/mol. The molecule has 0 aliphatic carbocycles. The Bertz CT molecular complexity index is 839. The van der Waals surface area contributed by atoms with Gasteiger partial charge in [-0.1, -0.05) is 44.2 Å². The molecule has 2 aromatic rings. The highest BCUT2D eigenvalue weighted by atomic mass is 16.5. The smallest absolute Gasteiger partial charge is 0.326 e. The number of nitrogens with two attached hydrogens (primary N) is 1. The van der Waals surface area contributed by atoms with Crippen LogP contribution in [0.2, 0.25) is 0 Å². The molecule has 0 radical (unpaired) electrons. The van der Waals surface area contributed by atoms with Gasteiger partial charge in [0.15, 0.2) is 17.7 Å². The van der Waals surface area contributed by atoms with Crippen molar-refractivity contribution in [1.29, 1.82) is 0 Å². The van der Waals surface area contributed by atoms with Crippen LogP contribution >= 0.6 is 0 Å². The SMILES string of the molecule is CC(C)C1Oc2ccc(N)nc2N(CC(=O)OCCCc2ccccc2)C1=O. The van der Waals surface area contributed by atoms with Gasteiger partial charge in [-0.15, -0.1) is 0 Å². The fraction of sp³-hybridized carbons (Fsp3) is 0.381. The average Bonchev–Trinajstić information content (AvgIpc) is 2.68. The Hall–Kier alpha value is -3.09. The molecule has 1 unspecified atom stereocenters. The van der Waals surface area contributed by atoms with Gasteiger partial charge in [-0.25, -0.2) is 4.98 Å². The number of nitrogens with zero attached hydrogens (tertiary/aromatic N) is 2.